The molecule has 1 atom stereocenters. The molecular weight excluding hydrogens is 274 g/mol. The van der Waals surface area contributed by atoms with Crippen LogP contribution in [-0.4, -0.2) is 33.7 Å². The van der Waals surface area contributed by atoms with Crippen LogP contribution in [0.25, 0.3) is 0 Å². The number of nitro groups is 1. The van der Waals surface area contributed by atoms with Crippen molar-refractivity contribution in [3.8, 4) is 0 Å². The lowest BCUT2D eigenvalue weighted by Crippen LogP contribution is -2.39. The van der Waals surface area contributed by atoms with E-state index >= 15 is 0 Å². The predicted molar refractivity (Wildman–Crippen MR) is 73.2 cm³/mol. The van der Waals surface area contributed by atoms with Crippen molar-refractivity contribution in [1.82, 2.24) is 10.2 Å². The molecule has 110 valence electrons. The van der Waals surface area contributed by atoms with E-state index in [4.69, 9.17) is 0 Å². The first-order chi connectivity index (χ1) is 10.1. The Kier molecular flexibility index (Phi) is 3.42. The van der Waals surface area contributed by atoms with Crippen molar-refractivity contribution in [1.29, 1.82) is 0 Å². The molecule has 2 fully saturated rings. The molecule has 1 aliphatic heterocycles. The van der Waals surface area contributed by atoms with Gasteiger partial charge in [0.2, 0.25) is 11.8 Å². The van der Waals surface area contributed by atoms with Gasteiger partial charge in [-0.2, -0.15) is 0 Å². The molecule has 3 rings (SSSR count). The van der Waals surface area contributed by atoms with Crippen LogP contribution in [0.15, 0.2) is 24.3 Å². The van der Waals surface area contributed by atoms with E-state index in [1.54, 1.807) is 12.1 Å². The molecule has 0 spiro atoms. The number of carbonyl (C=O) groups is 2. The summed E-state index contributed by atoms with van der Waals surface area (Å²) in [6, 6.07) is 5.77. The van der Waals surface area contributed by atoms with E-state index in [9.17, 15) is 19.7 Å². The van der Waals surface area contributed by atoms with E-state index < -0.39 is 11.0 Å². The smallest absolute Gasteiger partial charge is 0.269 e. The summed E-state index contributed by atoms with van der Waals surface area (Å²) in [4.78, 5) is 35.4. The normalized spacial score (nSPS) is 21.9. The highest BCUT2D eigenvalue weighted by Gasteiger charge is 2.45. The standard InChI is InChI=1S/C14H15N3O4/c18-13-7-12(14(19)16(13)10-5-6-10)15-8-9-1-3-11(4-2-9)17(20)21/h1-4,10,12,15H,5-8H2. The van der Waals surface area contributed by atoms with Crippen LogP contribution in [0.5, 0.6) is 0 Å². The van der Waals surface area contributed by atoms with Gasteiger partial charge >= 0.3 is 0 Å². The van der Waals surface area contributed by atoms with Crippen LogP contribution < -0.4 is 5.32 Å². The lowest BCUT2D eigenvalue weighted by atomic mass is 10.2. The van der Waals surface area contributed by atoms with E-state index in [1.807, 2.05) is 0 Å². The number of non-ortho nitro benzene ring substituents is 1. The Labute approximate surface area is 121 Å². The minimum absolute atomic E-state index is 0.0331. The third kappa shape index (κ3) is 2.78. The zero-order valence-corrected chi connectivity index (χ0v) is 11.3. The number of benzene rings is 1. The summed E-state index contributed by atoms with van der Waals surface area (Å²) in [6.07, 6.45) is 2.02. The summed E-state index contributed by atoms with van der Waals surface area (Å²) in [5.74, 6) is -0.256. The molecule has 0 aromatic heterocycles. The van der Waals surface area contributed by atoms with Crippen LogP contribution in [0.1, 0.15) is 24.8 Å². The van der Waals surface area contributed by atoms with Crippen LogP contribution >= 0.6 is 0 Å². The monoisotopic (exact) mass is 289 g/mol. The number of rotatable bonds is 5. The van der Waals surface area contributed by atoms with Gasteiger partial charge in [0.05, 0.1) is 17.4 Å². The fraction of sp³-hybridized carbons (Fsp3) is 0.429. The molecule has 7 nitrogen and oxygen atoms in total. The van der Waals surface area contributed by atoms with E-state index in [-0.39, 0.29) is 30.0 Å². The van der Waals surface area contributed by atoms with Crippen molar-refractivity contribution in [3.05, 3.63) is 39.9 Å². The Hall–Kier alpha value is -2.28. The maximum absolute atomic E-state index is 12.1. The molecule has 2 amide bonds. The van der Waals surface area contributed by atoms with Crippen LogP contribution in [0.3, 0.4) is 0 Å². The van der Waals surface area contributed by atoms with Gasteiger partial charge in [-0.15, -0.1) is 0 Å². The average Bonchev–Trinajstić information content (AvgIpc) is 3.24. The number of nitro benzene ring substituents is 1. The van der Waals surface area contributed by atoms with E-state index in [2.05, 4.69) is 5.32 Å². The lowest BCUT2D eigenvalue weighted by molar-refractivity contribution is -0.384. The largest absolute Gasteiger partial charge is 0.301 e. The number of hydrogen-bond acceptors (Lipinski definition) is 5. The highest BCUT2D eigenvalue weighted by molar-refractivity contribution is 6.06. The van der Waals surface area contributed by atoms with Crippen molar-refractivity contribution >= 4 is 17.5 Å². The number of carbonyl (C=O) groups excluding carboxylic acids is 2. The molecule has 1 aromatic rings. The van der Waals surface area contributed by atoms with Gasteiger partial charge in [-0.3, -0.25) is 24.6 Å². The number of amides is 2. The zero-order valence-electron chi connectivity index (χ0n) is 11.3. The van der Waals surface area contributed by atoms with Gasteiger partial charge in [0.15, 0.2) is 0 Å². The molecule has 1 aromatic carbocycles. The summed E-state index contributed by atoms with van der Waals surface area (Å²) < 4.78 is 0. The highest BCUT2D eigenvalue weighted by Crippen LogP contribution is 2.31. The van der Waals surface area contributed by atoms with Gasteiger partial charge in [-0.05, 0) is 18.4 Å². The van der Waals surface area contributed by atoms with Crippen molar-refractivity contribution in [3.63, 3.8) is 0 Å². The molecule has 1 heterocycles. The fourth-order valence-electron chi connectivity index (χ4n) is 2.50. The molecule has 1 saturated heterocycles. The van der Waals surface area contributed by atoms with E-state index in [1.165, 1.54) is 17.0 Å². The van der Waals surface area contributed by atoms with Gasteiger partial charge in [-0.1, -0.05) is 12.1 Å². The summed E-state index contributed by atoms with van der Waals surface area (Å²) >= 11 is 0. The van der Waals surface area contributed by atoms with Crippen LogP contribution in [0, 0.1) is 10.1 Å². The van der Waals surface area contributed by atoms with Gasteiger partial charge < -0.3 is 5.32 Å². The molecule has 0 bridgehead atoms. The average molecular weight is 289 g/mol. The molecule has 0 radical (unpaired) electrons. The van der Waals surface area contributed by atoms with Crippen molar-refractivity contribution in [2.24, 2.45) is 0 Å². The number of nitrogens with one attached hydrogen (secondary N) is 1. The first-order valence-corrected chi connectivity index (χ1v) is 6.89. The maximum Gasteiger partial charge on any atom is 0.269 e. The van der Waals surface area contributed by atoms with Crippen molar-refractivity contribution in [2.75, 3.05) is 0 Å². The summed E-state index contributed by atoms with van der Waals surface area (Å²) in [6.45, 7) is 0.403. The van der Waals surface area contributed by atoms with E-state index in [0.29, 0.717) is 6.54 Å². The van der Waals surface area contributed by atoms with Crippen molar-refractivity contribution < 1.29 is 14.5 Å². The molecule has 1 unspecified atom stereocenters. The SMILES string of the molecule is O=C1CC(NCc2ccc([N+](=O)[O-])cc2)C(=O)N1C1CC1. The highest BCUT2D eigenvalue weighted by atomic mass is 16.6. The first kappa shape index (κ1) is 13.7. The fourth-order valence-corrected chi connectivity index (χ4v) is 2.50. The van der Waals surface area contributed by atoms with Gasteiger partial charge in [0.25, 0.3) is 5.69 Å². The molecule has 1 aliphatic carbocycles. The first-order valence-electron chi connectivity index (χ1n) is 6.89. The number of hydrogen-bond donors (Lipinski definition) is 1. The molecular formula is C14H15N3O4. The minimum Gasteiger partial charge on any atom is -0.301 e. The Morgan fingerprint density at radius 3 is 2.48 bits per heavy atom. The van der Waals surface area contributed by atoms with Gasteiger partial charge in [-0.25, -0.2) is 0 Å². The zero-order chi connectivity index (χ0) is 15.0. The summed E-state index contributed by atoms with van der Waals surface area (Å²) in [5, 5.41) is 13.6. The third-order valence-electron chi connectivity index (χ3n) is 3.79. The van der Waals surface area contributed by atoms with Crippen molar-refractivity contribution in [2.45, 2.75) is 37.9 Å². The minimum atomic E-state index is -0.478. The molecule has 1 saturated carbocycles. The Morgan fingerprint density at radius 1 is 1.24 bits per heavy atom. The van der Waals surface area contributed by atoms with Crippen LogP contribution in [-0.2, 0) is 16.1 Å². The lowest BCUT2D eigenvalue weighted by Gasteiger charge is -2.14. The van der Waals surface area contributed by atoms with Gasteiger partial charge in [0, 0.05) is 24.7 Å². The van der Waals surface area contributed by atoms with Crippen LogP contribution in [0.2, 0.25) is 0 Å². The number of nitrogens with zero attached hydrogens (tertiary/aromatic N) is 2. The molecule has 2 aliphatic rings. The third-order valence-corrected chi connectivity index (χ3v) is 3.79. The number of imide groups is 1. The van der Waals surface area contributed by atoms with E-state index in [0.717, 1.165) is 18.4 Å². The predicted octanol–water partition coefficient (Wildman–Crippen LogP) is 0.974. The summed E-state index contributed by atoms with van der Waals surface area (Å²) in [7, 11) is 0. The van der Waals surface area contributed by atoms with Crippen LogP contribution in [0.4, 0.5) is 5.69 Å². The topological polar surface area (TPSA) is 92.5 Å². The molecule has 7 heteroatoms. The quantitative estimate of drug-likeness (QED) is 0.495. The second-order valence-electron chi connectivity index (χ2n) is 5.39. The molecule has 21 heavy (non-hydrogen) atoms. The summed E-state index contributed by atoms with van der Waals surface area (Å²) in [5.41, 5.74) is 0.872. The molecule has 1 N–H and O–H groups in total. The number of likely N-dealkylation sites (tertiary alicyclic amines) is 1. The Balaban J connectivity index is 1.59. The Morgan fingerprint density at radius 2 is 1.90 bits per heavy atom. The second-order valence-corrected chi connectivity index (χ2v) is 5.39. The maximum atomic E-state index is 12.1. The second kappa shape index (κ2) is 5.25. The Bertz CT molecular complexity index is 595. The van der Waals surface area contributed by atoms with Gasteiger partial charge in [0.1, 0.15) is 0 Å².